The molecule has 2 atom stereocenters. The van der Waals surface area contributed by atoms with Crippen molar-refractivity contribution in [2.45, 2.75) is 27.2 Å². The maximum absolute atomic E-state index is 11.0. The van der Waals surface area contributed by atoms with Gasteiger partial charge < -0.3 is 4.74 Å². The maximum atomic E-state index is 11.0. The van der Waals surface area contributed by atoms with Gasteiger partial charge in [-0.1, -0.05) is 20.8 Å². The van der Waals surface area contributed by atoms with E-state index in [1.807, 2.05) is 0 Å². The zero-order valence-electron chi connectivity index (χ0n) is 7.68. The van der Waals surface area contributed by atoms with Crippen LogP contribution in [-0.4, -0.2) is 13.1 Å². The third-order valence-corrected chi connectivity index (χ3v) is 2.41. The van der Waals surface area contributed by atoms with Gasteiger partial charge in [-0.05, 0) is 17.8 Å². The molecule has 0 aliphatic heterocycles. The average Bonchev–Trinajstić information content (AvgIpc) is 2.62. The summed E-state index contributed by atoms with van der Waals surface area (Å²) in [5.41, 5.74) is 0.263. The van der Waals surface area contributed by atoms with E-state index in [-0.39, 0.29) is 17.3 Å². The molecule has 0 N–H and O–H groups in total. The molecule has 1 fully saturated rings. The van der Waals surface area contributed by atoms with Gasteiger partial charge in [0.05, 0.1) is 13.0 Å². The van der Waals surface area contributed by atoms with E-state index >= 15 is 0 Å². The van der Waals surface area contributed by atoms with Crippen molar-refractivity contribution in [1.29, 1.82) is 0 Å². The minimum Gasteiger partial charge on any atom is -0.469 e. The Labute approximate surface area is 67.9 Å². The van der Waals surface area contributed by atoms with E-state index in [9.17, 15) is 4.79 Å². The summed E-state index contributed by atoms with van der Waals surface area (Å²) in [7, 11) is 1.46. The van der Waals surface area contributed by atoms with Crippen molar-refractivity contribution in [3.05, 3.63) is 0 Å². The number of methoxy groups -OCH3 is 1. The smallest absolute Gasteiger partial charge is 0.308 e. The summed E-state index contributed by atoms with van der Waals surface area (Å²) in [5, 5.41) is 0. The molecule has 2 nitrogen and oxygen atoms in total. The summed E-state index contributed by atoms with van der Waals surface area (Å²) in [5.74, 6) is 0.680. The van der Waals surface area contributed by atoms with Gasteiger partial charge in [-0.15, -0.1) is 0 Å². The largest absolute Gasteiger partial charge is 0.469 e. The normalized spacial score (nSPS) is 29.8. The molecule has 2 heteroatoms. The molecule has 1 rings (SSSR count). The standard InChI is InChI=1S/C9H16O2/c1-9(2,3)7-5-6(7)8(10)11-4/h6-7H,5H2,1-4H3. The summed E-state index contributed by atoms with van der Waals surface area (Å²) in [4.78, 5) is 11.0. The molecule has 0 bridgehead atoms. The zero-order chi connectivity index (χ0) is 8.65. The van der Waals surface area contributed by atoms with Gasteiger partial charge >= 0.3 is 5.97 Å². The molecule has 0 aromatic carbocycles. The Hall–Kier alpha value is -0.530. The topological polar surface area (TPSA) is 26.3 Å². The number of hydrogen-bond acceptors (Lipinski definition) is 2. The molecule has 11 heavy (non-hydrogen) atoms. The quantitative estimate of drug-likeness (QED) is 0.541. The third-order valence-electron chi connectivity index (χ3n) is 2.41. The molecule has 0 aromatic rings. The van der Waals surface area contributed by atoms with Crippen molar-refractivity contribution in [1.82, 2.24) is 0 Å². The van der Waals surface area contributed by atoms with Crippen LogP contribution in [-0.2, 0) is 9.53 Å². The Kier molecular flexibility index (Phi) is 1.95. The van der Waals surface area contributed by atoms with Gasteiger partial charge in [0, 0.05) is 0 Å². The summed E-state index contributed by atoms with van der Waals surface area (Å²) in [6, 6.07) is 0. The lowest BCUT2D eigenvalue weighted by Gasteiger charge is -2.17. The molecule has 1 saturated carbocycles. The average molecular weight is 156 g/mol. The number of hydrogen-bond donors (Lipinski definition) is 0. The van der Waals surface area contributed by atoms with Gasteiger partial charge in [-0.25, -0.2) is 0 Å². The van der Waals surface area contributed by atoms with Crippen molar-refractivity contribution in [2.75, 3.05) is 7.11 Å². The number of esters is 1. The van der Waals surface area contributed by atoms with Gasteiger partial charge in [0.2, 0.25) is 0 Å². The fraction of sp³-hybridized carbons (Fsp3) is 0.889. The van der Waals surface area contributed by atoms with Gasteiger partial charge in [-0.3, -0.25) is 4.79 Å². The molecule has 0 spiro atoms. The highest BCUT2D eigenvalue weighted by Gasteiger charge is 2.50. The fourth-order valence-corrected chi connectivity index (χ4v) is 1.56. The number of rotatable bonds is 1. The zero-order valence-corrected chi connectivity index (χ0v) is 7.68. The first kappa shape index (κ1) is 8.57. The van der Waals surface area contributed by atoms with E-state index in [2.05, 4.69) is 25.5 Å². The molecule has 64 valence electrons. The second kappa shape index (κ2) is 2.50. The molecule has 2 unspecified atom stereocenters. The fourth-order valence-electron chi connectivity index (χ4n) is 1.56. The second-order valence-electron chi connectivity index (χ2n) is 4.34. The highest BCUT2D eigenvalue weighted by molar-refractivity contribution is 5.75. The summed E-state index contributed by atoms with van der Waals surface area (Å²) >= 11 is 0. The lowest BCUT2D eigenvalue weighted by Crippen LogP contribution is -2.14. The van der Waals surface area contributed by atoms with E-state index < -0.39 is 0 Å². The lowest BCUT2D eigenvalue weighted by molar-refractivity contribution is -0.142. The van der Waals surface area contributed by atoms with E-state index in [1.54, 1.807) is 0 Å². The Balaban J connectivity index is 2.44. The van der Waals surface area contributed by atoms with Gasteiger partial charge in [0.1, 0.15) is 0 Å². The highest BCUT2D eigenvalue weighted by atomic mass is 16.5. The van der Waals surface area contributed by atoms with Crippen LogP contribution in [0, 0.1) is 17.3 Å². The molecule has 0 amide bonds. The van der Waals surface area contributed by atoms with Gasteiger partial charge in [0.15, 0.2) is 0 Å². The molecule has 0 aromatic heterocycles. The molecule has 1 aliphatic rings. The number of ether oxygens (including phenoxy) is 1. The van der Waals surface area contributed by atoms with Crippen LogP contribution in [0.4, 0.5) is 0 Å². The SMILES string of the molecule is COC(=O)C1CC1C(C)(C)C. The van der Waals surface area contributed by atoms with E-state index in [1.165, 1.54) is 7.11 Å². The van der Waals surface area contributed by atoms with Crippen LogP contribution in [0.2, 0.25) is 0 Å². The first-order valence-corrected chi connectivity index (χ1v) is 4.04. The van der Waals surface area contributed by atoms with Crippen LogP contribution in [0.3, 0.4) is 0 Å². The third kappa shape index (κ3) is 1.73. The molecule has 1 aliphatic carbocycles. The minimum absolute atomic E-state index is 0.0371. The Morgan fingerprint density at radius 2 is 2.00 bits per heavy atom. The van der Waals surface area contributed by atoms with Crippen LogP contribution in [0.1, 0.15) is 27.2 Å². The molecule has 0 heterocycles. The van der Waals surface area contributed by atoms with E-state index in [0.717, 1.165) is 6.42 Å². The lowest BCUT2D eigenvalue weighted by atomic mass is 9.89. The maximum Gasteiger partial charge on any atom is 0.308 e. The Bertz CT molecular complexity index is 167. The molecular weight excluding hydrogens is 140 g/mol. The molecular formula is C9H16O2. The Morgan fingerprint density at radius 3 is 2.27 bits per heavy atom. The van der Waals surface area contributed by atoms with Crippen LogP contribution in [0.15, 0.2) is 0 Å². The molecule has 0 saturated heterocycles. The van der Waals surface area contributed by atoms with Crippen molar-refractivity contribution < 1.29 is 9.53 Å². The minimum atomic E-state index is -0.0371. The summed E-state index contributed by atoms with van der Waals surface area (Å²) < 4.78 is 4.66. The second-order valence-corrected chi connectivity index (χ2v) is 4.34. The first-order chi connectivity index (χ1) is 4.96. The summed E-state index contributed by atoms with van der Waals surface area (Å²) in [6.45, 7) is 6.50. The van der Waals surface area contributed by atoms with Crippen molar-refractivity contribution in [3.8, 4) is 0 Å². The van der Waals surface area contributed by atoms with Crippen molar-refractivity contribution in [3.63, 3.8) is 0 Å². The first-order valence-electron chi connectivity index (χ1n) is 4.04. The monoisotopic (exact) mass is 156 g/mol. The Morgan fingerprint density at radius 1 is 1.45 bits per heavy atom. The number of carbonyl (C=O) groups is 1. The van der Waals surface area contributed by atoms with Crippen LogP contribution in [0.25, 0.3) is 0 Å². The van der Waals surface area contributed by atoms with Crippen molar-refractivity contribution >= 4 is 5.97 Å². The number of carbonyl (C=O) groups excluding carboxylic acids is 1. The predicted molar refractivity (Wildman–Crippen MR) is 43.1 cm³/mol. The predicted octanol–water partition coefficient (Wildman–Crippen LogP) is 1.84. The van der Waals surface area contributed by atoms with E-state index in [0.29, 0.717) is 5.92 Å². The van der Waals surface area contributed by atoms with E-state index in [4.69, 9.17) is 0 Å². The highest BCUT2D eigenvalue weighted by Crippen LogP contribution is 2.50. The molecule has 0 radical (unpaired) electrons. The van der Waals surface area contributed by atoms with Crippen LogP contribution in [0.5, 0.6) is 0 Å². The van der Waals surface area contributed by atoms with Crippen LogP contribution < -0.4 is 0 Å². The van der Waals surface area contributed by atoms with Crippen LogP contribution >= 0.6 is 0 Å². The summed E-state index contributed by atoms with van der Waals surface area (Å²) in [6.07, 6.45) is 1.01. The van der Waals surface area contributed by atoms with Crippen molar-refractivity contribution in [2.24, 2.45) is 17.3 Å². The van der Waals surface area contributed by atoms with Gasteiger partial charge in [-0.2, -0.15) is 0 Å². The van der Waals surface area contributed by atoms with Gasteiger partial charge in [0.25, 0.3) is 0 Å².